The zero-order chi connectivity index (χ0) is 19.2. The molecular formula is C23H27NO3. The summed E-state index contributed by atoms with van der Waals surface area (Å²) in [7, 11) is 0. The van der Waals surface area contributed by atoms with Gasteiger partial charge in [0.15, 0.2) is 0 Å². The van der Waals surface area contributed by atoms with Crippen LogP contribution in [0.1, 0.15) is 31.4 Å². The van der Waals surface area contributed by atoms with E-state index in [4.69, 9.17) is 4.74 Å². The molecule has 142 valence electrons. The van der Waals surface area contributed by atoms with Crippen molar-refractivity contribution in [1.82, 2.24) is 4.90 Å². The van der Waals surface area contributed by atoms with Gasteiger partial charge in [0.05, 0.1) is 6.04 Å². The van der Waals surface area contributed by atoms with E-state index in [1.807, 2.05) is 55.5 Å². The molecule has 3 atom stereocenters. The van der Waals surface area contributed by atoms with E-state index in [2.05, 4.69) is 19.1 Å². The normalized spacial score (nSPS) is 18.8. The van der Waals surface area contributed by atoms with Gasteiger partial charge in [-0.3, -0.25) is 4.79 Å². The summed E-state index contributed by atoms with van der Waals surface area (Å²) in [6.45, 7) is 4.33. The molecule has 0 aromatic heterocycles. The zero-order valence-electron chi connectivity index (χ0n) is 16.0. The number of benzene rings is 2. The van der Waals surface area contributed by atoms with E-state index in [9.17, 15) is 9.59 Å². The summed E-state index contributed by atoms with van der Waals surface area (Å²) < 4.78 is 5.19. The van der Waals surface area contributed by atoms with E-state index in [-0.39, 0.29) is 24.5 Å². The van der Waals surface area contributed by atoms with E-state index in [0.29, 0.717) is 12.3 Å². The number of hydrogen-bond donors (Lipinski definition) is 0. The first kappa shape index (κ1) is 19.2. The number of ether oxygens (including phenoxy) is 1. The van der Waals surface area contributed by atoms with Crippen LogP contribution < -0.4 is 0 Å². The van der Waals surface area contributed by atoms with E-state index >= 15 is 0 Å². The highest BCUT2D eigenvalue weighted by Gasteiger charge is 2.39. The summed E-state index contributed by atoms with van der Waals surface area (Å²) in [6.07, 6.45) is 1.79. The highest BCUT2D eigenvalue weighted by Crippen LogP contribution is 2.24. The lowest BCUT2D eigenvalue weighted by Gasteiger charge is -2.24. The Morgan fingerprint density at radius 1 is 1.04 bits per heavy atom. The minimum absolute atomic E-state index is 0.127. The fraction of sp³-hybridized carbons (Fsp3) is 0.391. The van der Waals surface area contributed by atoms with Crippen LogP contribution in [0.3, 0.4) is 0 Å². The van der Waals surface area contributed by atoms with Crippen LogP contribution in [0.2, 0.25) is 0 Å². The highest BCUT2D eigenvalue weighted by molar-refractivity contribution is 5.94. The summed E-state index contributed by atoms with van der Waals surface area (Å²) in [5, 5.41) is 0. The van der Waals surface area contributed by atoms with Crippen LogP contribution in [0.5, 0.6) is 0 Å². The molecule has 0 bridgehead atoms. The Balaban J connectivity index is 1.60. The average Bonchev–Trinajstić information content (AvgIpc) is 3.02. The topological polar surface area (TPSA) is 46.6 Å². The van der Waals surface area contributed by atoms with Crippen molar-refractivity contribution >= 4 is 12.0 Å². The van der Waals surface area contributed by atoms with Crippen LogP contribution in [0.15, 0.2) is 60.7 Å². The van der Waals surface area contributed by atoms with Crippen molar-refractivity contribution in [2.45, 2.75) is 39.2 Å². The lowest BCUT2D eigenvalue weighted by Crippen LogP contribution is -2.43. The molecule has 3 rings (SSSR count). The van der Waals surface area contributed by atoms with Gasteiger partial charge in [-0.25, -0.2) is 9.69 Å². The third-order valence-electron chi connectivity index (χ3n) is 5.12. The summed E-state index contributed by atoms with van der Waals surface area (Å²) in [5.74, 6) is 0.0172. The van der Waals surface area contributed by atoms with Crippen molar-refractivity contribution in [1.29, 1.82) is 0 Å². The molecule has 0 unspecified atom stereocenters. The number of carbonyl (C=O) groups is 2. The first-order chi connectivity index (χ1) is 13.0. The van der Waals surface area contributed by atoms with Crippen LogP contribution >= 0.6 is 0 Å². The minimum atomic E-state index is -0.511. The fourth-order valence-electron chi connectivity index (χ4n) is 3.81. The van der Waals surface area contributed by atoms with Gasteiger partial charge in [0.25, 0.3) is 0 Å². The summed E-state index contributed by atoms with van der Waals surface area (Å²) >= 11 is 0. The Bertz CT molecular complexity index is 760. The molecule has 0 saturated carbocycles. The number of carbonyl (C=O) groups excluding carboxylic acids is 2. The number of imide groups is 1. The van der Waals surface area contributed by atoms with Gasteiger partial charge in [0.1, 0.15) is 6.61 Å². The molecule has 0 radical (unpaired) electrons. The number of cyclic esters (lactones) is 1. The standard InChI is InChI=1S/C23H27NO3/c1-17(14-19-9-5-3-6-10-19)13-18(2)22(25)24-21(16-27-23(24)26)15-20-11-7-4-8-12-20/h3-12,17-18,21H,13-16H2,1-2H3/t17-,18-,21-/m1/s1. The largest absolute Gasteiger partial charge is 0.447 e. The Hall–Kier alpha value is -2.62. The van der Waals surface area contributed by atoms with Crippen molar-refractivity contribution < 1.29 is 14.3 Å². The molecule has 0 N–H and O–H groups in total. The molecule has 27 heavy (non-hydrogen) atoms. The van der Waals surface area contributed by atoms with Crippen LogP contribution in [0, 0.1) is 11.8 Å². The quantitative estimate of drug-likeness (QED) is 0.727. The monoisotopic (exact) mass is 365 g/mol. The fourth-order valence-corrected chi connectivity index (χ4v) is 3.81. The number of hydrogen-bond acceptors (Lipinski definition) is 3. The van der Waals surface area contributed by atoms with E-state index < -0.39 is 6.09 Å². The van der Waals surface area contributed by atoms with Gasteiger partial charge in [-0.15, -0.1) is 0 Å². The number of amides is 2. The molecule has 4 heteroatoms. The van der Waals surface area contributed by atoms with Crippen molar-refractivity contribution in [3.8, 4) is 0 Å². The molecule has 1 aliphatic heterocycles. The summed E-state index contributed by atoms with van der Waals surface area (Å²) in [4.78, 5) is 26.5. The predicted molar refractivity (Wildman–Crippen MR) is 105 cm³/mol. The van der Waals surface area contributed by atoms with E-state index in [1.165, 1.54) is 10.5 Å². The molecule has 1 saturated heterocycles. The first-order valence-electron chi connectivity index (χ1n) is 9.62. The third kappa shape index (κ3) is 4.97. The van der Waals surface area contributed by atoms with Gasteiger partial charge in [-0.1, -0.05) is 74.5 Å². The molecule has 4 nitrogen and oxygen atoms in total. The van der Waals surface area contributed by atoms with Crippen molar-refractivity contribution in [2.24, 2.45) is 11.8 Å². The van der Waals surface area contributed by atoms with Gasteiger partial charge >= 0.3 is 6.09 Å². The Labute approximate surface area is 161 Å². The average molecular weight is 365 g/mol. The van der Waals surface area contributed by atoms with Gasteiger partial charge in [-0.2, -0.15) is 0 Å². The van der Waals surface area contributed by atoms with Crippen LogP contribution in [0.4, 0.5) is 4.79 Å². The maximum Gasteiger partial charge on any atom is 0.416 e. The molecule has 2 aromatic rings. The molecule has 1 aliphatic rings. The Kier molecular flexibility index (Phi) is 6.28. The molecule has 2 aromatic carbocycles. The zero-order valence-corrected chi connectivity index (χ0v) is 16.0. The van der Waals surface area contributed by atoms with Gasteiger partial charge < -0.3 is 4.74 Å². The van der Waals surface area contributed by atoms with E-state index in [1.54, 1.807) is 0 Å². The Morgan fingerprint density at radius 2 is 1.63 bits per heavy atom. The smallest absolute Gasteiger partial charge is 0.416 e. The molecule has 2 amide bonds. The number of rotatable bonds is 7. The summed E-state index contributed by atoms with van der Waals surface area (Å²) in [5.41, 5.74) is 2.37. The van der Waals surface area contributed by atoms with Gasteiger partial charge in [-0.05, 0) is 36.3 Å². The maximum atomic E-state index is 13.0. The number of nitrogens with zero attached hydrogens (tertiary/aromatic N) is 1. The minimum Gasteiger partial charge on any atom is -0.447 e. The van der Waals surface area contributed by atoms with Crippen LogP contribution in [0.25, 0.3) is 0 Å². The molecule has 0 aliphatic carbocycles. The van der Waals surface area contributed by atoms with Crippen molar-refractivity contribution in [2.75, 3.05) is 6.61 Å². The predicted octanol–water partition coefficient (Wildman–Crippen LogP) is 4.48. The molecule has 1 heterocycles. The van der Waals surface area contributed by atoms with Crippen LogP contribution in [-0.2, 0) is 22.4 Å². The summed E-state index contributed by atoms with van der Waals surface area (Å²) in [6, 6.07) is 20.0. The van der Waals surface area contributed by atoms with Crippen molar-refractivity contribution in [3.63, 3.8) is 0 Å². The first-order valence-corrected chi connectivity index (χ1v) is 9.62. The van der Waals surface area contributed by atoms with Gasteiger partial charge in [0.2, 0.25) is 5.91 Å². The van der Waals surface area contributed by atoms with E-state index in [0.717, 1.165) is 18.4 Å². The lowest BCUT2D eigenvalue weighted by molar-refractivity contribution is -0.133. The second-order valence-electron chi connectivity index (χ2n) is 7.56. The van der Waals surface area contributed by atoms with Gasteiger partial charge in [0, 0.05) is 5.92 Å². The highest BCUT2D eigenvalue weighted by atomic mass is 16.6. The van der Waals surface area contributed by atoms with Crippen LogP contribution in [-0.4, -0.2) is 29.5 Å². The van der Waals surface area contributed by atoms with Crippen molar-refractivity contribution in [3.05, 3.63) is 71.8 Å². The lowest BCUT2D eigenvalue weighted by atomic mass is 9.90. The SMILES string of the molecule is C[C@@H](Cc1ccccc1)C[C@@H](C)C(=O)N1C(=O)OC[C@H]1Cc1ccccc1. The molecular weight excluding hydrogens is 338 g/mol. The second-order valence-corrected chi connectivity index (χ2v) is 7.56. The molecule has 1 fully saturated rings. The third-order valence-corrected chi connectivity index (χ3v) is 5.12. The second kappa shape index (κ2) is 8.85. The Morgan fingerprint density at radius 3 is 2.26 bits per heavy atom. The molecule has 0 spiro atoms. The maximum absolute atomic E-state index is 13.0.